The molecule has 0 heterocycles. The molecule has 8 heteroatoms. The number of halogens is 3. The van der Waals surface area contributed by atoms with E-state index < -0.39 is 30.0 Å². The molecule has 0 aromatic carbocycles. The Morgan fingerprint density at radius 3 is 2.16 bits per heavy atom. The molecule has 4 N–H and O–H groups in total. The molecule has 0 aliphatic heterocycles. The van der Waals surface area contributed by atoms with Crippen molar-refractivity contribution < 1.29 is 23.2 Å². The second kappa shape index (κ2) is 6.63. The van der Waals surface area contributed by atoms with E-state index >= 15 is 0 Å². The molecule has 112 valence electrons. The zero-order valence-electron chi connectivity index (χ0n) is 11.2. The number of rotatable bonds is 6. The van der Waals surface area contributed by atoms with E-state index in [1.54, 1.807) is 13.8 Å². The first-order chi connectivity index (χ1) is 8.62. The molecule has 0 aliphatic carbocycles. The number of nitrogens with zero attached hydrogens (tertiary/aromatic N) is 1. The first kappa shape index (κ1) is 17.5. The van der Waals surface area contributed by atoms with E-state index in [9.17, 15) is 18.0 Å². The van der Waals surface area contributed by atoms with Gasteiger partial charge in [-0.05, 0) is 19.8 Å². The van der Waals surface area contributed by atoms with Crippen molar-refractivity contribution in [2.75, 3.05) is 0 Å². The van der Waals surface area contributed by atoms with Gasteiger partial charge in [-0.1, -0.05) is 19.0 Å². The van der Waals surface area contributed by atoms with Crippen LogP contribution in [0.2, 0.25) is 0 Å². The van der Waals surface area contributed by atoms with Gasteiger partial charge in [-0.15, -0.1) is 0 Å². The molecule has 0 aliphatic rings. The van der Waals surface area contributed by atoms with Crippen molar-refractivity contribution in [3.05, 3.63) is 0 Å². The number of alkyl halides is 3. The predicted molar refractivity (Wildman–Crippen MR) is 64.7 cm³/mol. The number of carbonyl (C=O) groups is 1. The number of hydrogen-bond donors (Lipinski definition) is 3. The third kappa shape index (κ3) is 4.60. The standard InChI is InChI=1S/C11H20F3N3O2/c1-4-10(5-2,8(15)17-19)9(18)16-7(3)6-11(12,13)14/h7,19H,4-6H2,1-3H3,(H2,15,17)(H,16,18). The van der Waals surface area contributed by atoms with E-state index in [0.717, 1.165) is 0 Å². The van der Waals surface area contributed by atoms with Crippen LogP contribution in [0.4, 0.5) is 13.2 Å². The van der Waals surface area contributed by atoms with Gasteiger partial charge in [-0.25, -0.2) is 0 Å². The molecular formula is C11H20F3N3O2. The fraction of sp³-hybridized carbons (Fsp3) is 0.818. The summed E-state index contributed by atoms with van der Waals surface area (Å²) in [6.07, 6.45) is -5.03. The van der Waals surface area contributed by atoms with Crippen LogP contribution in [-0.4, -0.2) is 29.2 Å². The molecule has 0 radical (unpaired) electrons. The summed E-state index contributed by atoms with van der Waals surface area (Å²) in [5.41, 5.74) is 4.21. The molecule has 1 unspecified atom stereocenters. The number of amidine groups is 1. The topological polar surface area (TPSA) is 87.7 Å². The van der Waals surface area contributed by atoms with Crippen LogP contribution in [0.3, 0.4) is 0 Å². The lowest BCUT2D eigenvalue weighted by Crippen LogP contribution is -2.51. The van der Waals surface area contributed by atoms with Crippen LogP contribution in [0.5, 0.6) is 0 Å². The Bertz CT molecular complexity index is 339. The fourth-order valence-electron chi connectivity index (χ4n) is 1.91. The maximum absolute atomic E-state index is 12.2. The number of amides is 1. The summed E-state index contributed by atoms with van der Waals surface area (Å²) >= 11 is 0. The van der Waals surface area contributed by atoms with Gasteiger partial charge in [0.05, 0.1) is 6.42 Å². The lowest BCUT2D eigenvalue weighted by molar-refractivity contribution is -0.143. The van der Waals surface area contributed by atoms with Gasteiger partial charge in [-0.2, -0.15) is 13.2 Å². The minimum atomic E-state index is -4.36. The Hall–Kier alpha value is -1.47. The third-order valence-electron chi connectivity index (χ3n) is 3.15. The van der Waals surface area contributed by atoms with E-state index in [1.165, 1.54) is 6.92 Å². The van der Waals surface area contributed by atoms with Crippen molar-refractivity contribution in [3.63, 3.8) is 0 Å². The van der Waals surface area contributed by atoms with Gasteiger partial charge >= 0.3 is 6.18 Å². The highest BCUT2D eigenvalue weighted by Crippen LogP contribution is 2.28. The highest BCUT2D eigenvalue weighted by Gasteiger charge is 2.41. The molecule has 0 rings (SSSR count). The van der Waals surface area contributed by atoms with E-state index in [2.05, 4.69) is 10.5 Å². The average molecular weight is 283 g/mol. The summed E-state index contributed by atoms with van der Waals surface area (Å²) < 4.78 is 36.6. The smallest absolute Gasteiger partial charge is 0.391 e. The Morgan fingerprint density at radius 2 is 1.84 bits per heavy atom. The zero-order valence-corrected chi connectivity index (χ0v) is 11.2. The molecule has 0 saturated heterocycles. The van der Waals surface area contributed by atoms with Crippen molar-refractivity contribution in [3.8, 4) is 0 Å². The predicted octanol–water partition coefficient (Wildman–Crippen LogP) is 2.00. The number of carbonyl (C=O) groups excluding carboxylic acids is 1. The van der Waals surface area contributed by atoms with Gasteiger partial charge in [0.1, 0.15) is 5.41 Å². The minimum absolute atomic E-state index is 0.226. The van der Waals surface area contributed by atoms with Crippen LogP contribution in [0.25, 0.3) is 0 Å². The van der Waals surface area contributed by atoms with Gasteiger partial charge < -0.3 is 16.3 Å². The number of hydrogen-bond acceptors (Lipinski definition) is 3. The number of oxime groups is 1. The maximum atomic E-state index is 12.2. The molecular weight excluding hydrogens is 263 g/mol. The van der Waals surface area contributed by atoms with Crippen LogP contribution in [0, 0.1) is 5.41 Å². The van der Waals surface area contributed by atoms with Crippen molar-refractivity contribution in [1.29, 1.82) is 0 Å². The van der Waals surface area contributed by atoms with E-state index in [-0.39, 0.29) is 18.7 Å². The fourth-order valence-corrected chi connectivity index (χ4v) is 1.91. The number of nitrogens with one attached hydrogen (secondary N) is 1. The van der Waals surface area contributed by atoms with Crippen molar-refractivity contribution in [1.82, 2.24) is 5.32 Å². The van der Waals surface area contributed by atoms with Gasteiger partial charge in [-0.3, -0.25) is 4.79 Å². The average Bonchev–Trinajstić information content (AvgIpc) is 2.28. The molecule has 0 spiro atoms. The molecule has 0 saturated carbocycles. The second-order valence-electron chi connectivity index (χ2n) is 4.47. The molecule has 1 atom stereocenters. The number of nitrogens with two attached hydrogens (primary N) is 1. The highest BCUT2D eigenvalue weighted by molar-refractivity contribution is 6.06. The van der Waals surface area contributed by atoms with Crippen molar-refractivity contribution >= 4 is 11.7 Å². The van der Waals surface area contributed by atoms with Crippen molar-refractivity contribution in [2.24, 2.45) is 16.3 Å². The highest BCUT2D eigenvalue weighted by atomic mass is 19.4. The first-order valence-corrected chi connectivity index (χ1v) is 5.98. The molecule has 1 amide bonds. The molecule has 0 fully saturated rings. The molecule has 0 aromatic rings. The monoisotopic (exact) mass is 283 g/mol. The van der Waals surface area contributed by atoms with Crippen LogP contribution >= 0.6 is 0 Å². The summed E-state index contributed by atoms with van der Waals surface area (Å²) in [4.78, 5) is 12.1. The lowest BCUT2D eigenvalue weighted by atomic mass is 9.80. The van der Waals surface area contributed by atoms with Crippen LogP contribution in [0.1, 0.15) is 40.0 Å². The van der Waals surface area contributed by atoms with Gasteiger partial charge in [0, 0.05) is 6.04 Å². The van der Waals surface area contributed by atoms with Gasteiger partial charge in [0.15, 0.2) is 5.84 Å². The second-order valence-corrected chi connectivity index (χ2v) is 4.47. The molecule has 0 bridgehead atoms. The SMILES string of the molecule is CCC(CC)(C(=O)NC(C)CC(F)(F)F)C(N)=NO. The summed E-state index contributed by atoms with van der Waals surface area (Å²) in [7, 11) is 0. The lowest BCUT2D eigenvalue weighted by Gasteiger charge is -2.30. The quantitative estimate of drug-likeness (QED) is 0.301. The minimum Gasteiger partial charge on any atom is -0.409 e. The Kier molecular flexibility index (Phi) is 6.11. The summed E-state index contributed by atoms with van der Waals surface area (Å²) in [5, 5.41) is 13.8. The van der Waals surface area contributed by atoms with E-state index in [1.807, 2.05) is 0 Å². The van der Waals surface area contributed by atoms with Crippen LogP contribution in [0.15, 0.2) is 5.16 Å². The van der Waals surface area contributed by atoms with E-state index in [4.69, 9.17) is 10.9 Å². The van der Waals surface area contributed by atoms with Gasteiger partial charge in [0.25, 0.3) is 0 Å². The van der Waals surface area contributed by atoms with Crippen LogP contribution < -0.4 is 11.1 Å². The third-order valence-corrected chi connectivity index (χ3v) is 3.15. The molecule has 0 aromatic heterocycles. The zero-order chi connectivity index (χ0) is 15.3. The normalized spacial score (nSPS) is 15.2. The maximum Gasteiger partial charge on any atom is 0.391 e. The molecule has 19 heavy (non-hydrogen) atoms. The Labute approximate surface area is 110 Å². The summed E-state index contributed by atoms with van der Waals surface area (Å²) in [6, 6.07) is -1.07. The Balaban J connectivity index is 4.95. The van der Waals surface area contributed by atoms with Gasteiger partial charge in [0.2, 0.25) is 5.91 Å². The largest absolute Gasteiger partial charge is 0.409 e. The molecule has 5 nitrogen and oxygen atoms in total. The van der Waals surface area contributed by atoms with Crippen LogP contribution in [-0.2, 0) is 4.79 Å². The summed E-state index contributed by atoms with van der Waals surface area (Å²) in [5.74, 6) is -0.959. The van der Waals surface area contributed by atoms with Crippen molar-refractivity contribution in [2.45, 2.75) is 52.3 Å². The first-order valence-electron chi connectivity index (χ1n) is 5.98. The van der Waals surface area contributed by atoms with E-state index in [0.29, 0.717) is 0 Å². The summed E-state index contributed by atoms with van der Waals surface area (Å²) in [6.45, 7) is 4.55. The Morgan fingerprint density at radius 1 is 1.37 bits per heavy atom.